The van der Waals surface area contributed by atoms with Crippen molar-refractivity contribution in [1.82, 2.24) is 0 Å². The van der Waals surface area contributed by atoms with Crippen molar-refractivity contribution in [2.45, 2.75) is 66.0 Å². The molecule has 2 atom stereocenters. The van der Waals surface area contributed by atoms with E-state index in [2.05, 4.69) is 65.8 Å². The minimum Gasteiger partial charge on any atom is -0.491 e. The van der Waals surface area contributed by atoms with Gasteiger partial charge in [-0.2, -0.15) is 0 Å². The van der Waals surface area contributed by atoms with Gasteiger partial charge >= 0.3 is 0 Å². The maximum Gasteiger partial charge on any atom is 0.209 e. The monoisotopic (exact) mass is 472 g/mol. The molecular formula is C28H40O6. The highest BCUT2D eigenvalue weighted by Crippen LogP contribution is 2.24. The predicted molar refractivity (Wildman–Crippen MR) is 133 cm³/mol. The molecule has 0 saturated carbocycles. The minimum atomic E-state index is -0.588. The summed E-state index contributed by atoms with van der Waals surface area (Å²) in [4.78, 5) is 0. The van der Waals surface area contributed by atoms with Gasteiger partial charge in [0.25, 0.3) is 0 Å². The van der Waals surface area contributed by atoms with Crippen LogP contribution in [0.15, 0.2) is 36.4 Å². The smallest absolute Gasteiger partial charge is 0.209 e. The van der Waals surface area contributed by atoms with Gasteiger partial charge in [0.1, 0.15) is 24.7 Å². The molecule has 0 bridgehead atoms. The van der Waals surface area contributed by atoms with E-state index in [1.807, 2.05) is 12.1 Å². The standard InChI is InChI=1S/C28H40O6/c1-19(2)25-9-7-23(17-21(25)5)29-11-13-31-27-28(34-16-15-33-27)32-14-12-30-24-8-10-26(20(3)4)22(6)18-24/h7-10,17-20,27-28H,11-16H2,1-6H3/t27-,28-/m1/s1. The molecule has 0 spiro atoms. The Morgan fingerprint density at radius 1 is 0.676 bits per heavy atom. The molecular weight excluding hydrogens is 432 g/mol. The van der Waals surface area contributed by atoms with Crippen molar-refractivity contribution in [3.05, 3.63) is 58.7 Å². The zero-order valence-corrected chi connectivity index (χ0v) is 21.5. The molecule has 3 rings (SSSR count). The van der Waals surface area contributed by atoms with Gasteiger partial charge < -0.3 is 28.4 Å². The van der Waals surface area contributed by atoms with E-state index in [-0.39, 0.29) is 0 Å². The van der Waals surface area contributed by atoms with E-state index in [0.717, 1.165) is 11.5 Å². The van der Waals surface area contributed by atoms with E-state index in [1.165, 1.54) is 22.3 Å². The van der Waals surface area contributed by atoms with Crippen molar-refractivity contribution >= 4 is 0 Å². The van der Waals surface area contributed by atoms with Gasteiger partial charge in [-0.1, -0.05) is 39.8 Å². The maximum absolute atomic E-state index is 5.85. The van der Waals surface area contributed by atoms with Crippen molar-refractivity contribution in [2.75, 3.05) is 39.6 Å². The first-order valence-electron chi connectivity index (χ1n) is 12.3. The number of ether oxygens (including phenoxy) is 6. The summed E-state index contributed by atoms with van der Waals surface area (Å²) in [6.45, 7) is 15.5. The fourth-order valence-electron chi connectivity index (χ4n) is 4.16. The molecule has 0 aliphatic carbocycles. The van der Waals surface area contributed by atoms with E-state index in [1.54, 1.807) is 0 Å². The van der Waals surface area contributed by atoms with Crippen molar-refractivity contribution in [2.24, 2.45) is 0 Å². The number of rotatable bonds is 12. The Hall–Kier alpha value is -2.12. The van der Waals surface area contributed by atoms with Crippen molar-refractivity contribution < 1.29 is 28.4 Å². The van der Waals surface area contributed by atoms with Crippen LogP contribution in [0.1, 0.15) is 61.8 Å². The Balaban J connectivity index is 1.38. The first-order chi connectivity index (χ1) is 16.3. The lowest BCUT2D eigenvalue weighted by Crippen LogP contribution is -2.43. The molecule has 1 aliphatic heterocycles. The molecule has 2 aromatic carbocycles. The van der Waals surface area contributed by atoms with Gasteiger partial charge in [0.05, 0.1) is 26.4 Å². The van der Waals surface area contributed by atoms with Crippen LogP contribution in [0.25, 0.3) is 0 Å². The Labute approximate surface area is 204 Å². The topological polar surface area (TPSA) is 55.4 Å². The molecule has 34 heavy (non-hydrogen) atoms. The van der Waals surface area contributed by atoms with E-state index in [9.17, 15) is 0 Å². The van der Waals surface area contributed by atoms with Crippen LogP contribution in [0.5, 0.6) is 11.5 Å². The molecule has 2 aromatic rings. The highest BCUT2D eigenvalue weighted by Gasteiger charge is 2.28. The zero-order chi connectivity index (χ0) is 24.5. The molecule has 0 aromatic heterocycles. The van der Waals surface area contributed by atoms with Crippen LogP contribution in [0.2, 0.25) is 0 Å². The van der Waals surface area contributed by atoms with Gasteiger partial charge in [0.2, 0.25) is 12.6 Å². The lowest BCUT2D eigenvalue weighted by molar-refractivity contribution is -0.321. The summed E-state index contributed by atoms with van der Waals surface area (Å²) in [5.41, 5.74) is 5.14. The Bertz CT molecular complexity index is 821. The fourth-order valence-corrected chi connectivity index (χ4v) is 4.16. The van der Waals surface area contributed by atoms with Gasteiger partial charge in [-0.25, -0.2) is 0 Å². The summed E-state index contributed by atoms with van der Waals surface area (Å²) in [5, 5.41) is 0. The van der Waals surface area contributed by atoms with Crippen LogP contribution >= 0.6 is 0 Å². The summed E-state index contributed by atoms with van der Waals surface area (Å²) < 4.78 is 34.8. The van der Waals surface area contributed by atoms with Gasteiger partial charge in [-0.15, -0.1) is 0 Å². The summed E-state index contributed by atoms with van der Waals surface area (Å²) >= 11 is 0. The third kappa shape index (κ3) is 7.70. The number of hydrogen-bond acceptors (Lipinski definition) is 6. The SMILES string of the molecule is Cc1cc(OCCO[C@@H]2OCCO[C@H]2OCCOc2ccc(C(C)C)c(C)c2)ccc1C(C)C. The second-order valence-corrected chi connectivity index (χ2v) is 9.26. The van der Waals surface area contributed by atoms with Crippen LogP contribution in [-0.4, -0.2) is 52.2 Å². The van der Waals surface area contributed by atoms with Gasteiger partial charge in [0, 0.05) is 0 Å². The largest absolute Gasteiger partial charge is 0.491 e. The molecule has 1 saturated heterocycles. The van der Waals surface area contributed by atoms with E-state index in [0.29, 0.717) is 51.5 Å². The quantitative estimate of drug-likeness (QED) is 0.367. The average molecular weight is 473 g/mol. The molecule has 0 unspecified atom stereocenters. The Morgan fingerprint density at radius 3 is 1.44 bits per heavy atom. The molecule has 0 amide bonds. The third-order valence-corrected chi connectivity index (χ3v) is 5.86. The third-order valence-electron chi connectivity index (χ3n) is 5.86. The summed E-state index contributed by atoms with van der Waals surface area (Å²) in [7, 11) is 0. The summed E-state index contributed by atoms with van der Waals surface area (Å²) in [6, 6.07) is 12.4. The average Bonchev–Trinajstić information content (AvgIpc) is 2.80. The molecule has 0 radical (unpaired) electrons. The van der Waals surface area contributed by atoms with E-state index >= 15 is 0 Å². The number of benzene rings is 2. The van der Waals surface area contributed by atoms with Crippen molar-refractivity contribution in [1.29, 1.82) is 0 Å². The second kappa shape index (κ2) is 13.1. The molecule has 0 N–H and O–H groups in total. The summed E-state index contributed by atoms with van der Waals surface area (Å²) in [6.07, 6.45) is -1.18. The minimum absolute atomic E-state index is 0.372. The molecule has 6 nitrogen and oxygen atoms in total. The van der Waals surface area contributed by atoms with Gasteiger partial charge in [-0.3, -0.25) is 0 Å². The first kappa shape index (κ1) is 26.5. The highest BCUT2D eigenvalue weighted by atomic mass is 16.8. The Kier molecular flexibility index (Phi) is 10.2. The predicted octanol–water partition coefficient (Wildman–Crippen LogP) is 5.74. The lowest BCUT2D eigenvalue weighted by atomic mass is 9.98. The van der Waals surface area contributed by atoms with Crippen LogP contribution in [0.3, 0.4) is 0 Å². The lowest BCUT2D eigenvalue weighted by Gasteiger charge is -2.31. The van der Waals surface area contributed by atoms with Crippen LogP contribution in [0.4, 0.5) is 0 Å². The second-order valence-electron chi connectivity index (χ2n) is 9.26. The van der Waals surface area contributed by atoms with Crippen molar-refractivity contribution in [3.8, 4) is 11.5 Å². The molecule has 1 aliphatic rings. The van der Waals surface area contributed by atoms with Crippen LogP contribution in [-0.2, 0) is 18.9 Å². The normalized spacial score (nSPS) is 18.5. The first-order valence-corrected chi connectivity index (χ1v) is 12.3. The molecule has 1 heterocycles. The molecule has 1 fully saturated rings. The highest BCUT2D eigenvalue weighted by molar-refractivity contribution is 5.37. The molecule has 188 valence electrons. The summed E-state index contributed by atoms with van der Waals surface area (Å²) in [5.74, 6) is 2.68. The Morgan fingerprint density at radius 2 is 1.09 bits per heavy atom. The van der Waals surface area contributed by atoms with Gasteiger partial charge in [0.15, 0.2) is 0 Å². The van der Waals surface area contributed by atoms with Crippen molar-refractivity contribution in [3.63, 3.8) is 0 Å². The van der Waals surface area contributed by atoms with Gasteiger partial charge in [-0.05, 0) is 72.2 Å². The van der Waals surface area contributed by atoms with E-state index in [4.69, 9.17) is 28.4 Å². The van der Waals surface area contributed by atoms with E-state index < -0.39 is 12.6 Å². The zero-order valence-electron chi connectivity index (χ0n) is 21.5. The van der Waals surface area contributed by atoms with Crippen LogP contribution < -0.4 is 9.47 Å². The number of aryl methyl sites for hydroxylation is 2. The fraction of sp³-hybridized carbons (Fsp3) is 0.571. The number of hydrogen-bond donors (Lipinski definition) is 0. The molecule has 6 heteroatoms. The van der Waals surface area contributed by atoms with Crippen LogP contribution in [0, 0.1) is 13.8 Å². The maximum atomic E-state index is 5.85.